The smallest absolute Gasteiger partial charge is 0.269 e. The fourth-order valence-corrected chi connectivity index (χ4v) is 1.70. The highest BCUT2D eigenvalue weighted by molar-refractivity contribution is 6.16. The highest BCUT2D eigenvalue weighted by Crippen LogP contribution is 2.19. The number of non-ortho nitro benzene ring substituents is 1. The molecule has 0 spiro atoms. The average Bonchev–Trinajstić information content (AvgIpc) is 2.85. The first-order valence-electron chi connectivity index (χ1n) is 5.53. The van der Waals surface area contributed by atoms with E-state index in [9.17, 15) is 10.1 Å². The van der Waals surface area contributed by atoms with Crippen molar-refractivity contribution < 1.29 is 9.34 Å². The van der Waals surface area contributed by atoms with Gasteiger partial charge in [0.2, 0.25) is 5.89 Å². The molecule has 1 aromatic heterocycles. The van der Waals surface area contributed by atoms with Crippen LogP contribution in [0.5, 0.6) is 0 Å². The first-order valence-corrected chi connectivity index (χ1v) is 6.07. The molecular formula is C13H11ClN2O3. The molecule has 2 rings (SSSR count). The summed E-state index contributed by atoms with van der Waals surface area (Å²) >= 11 is 5.62. The van der Waals surface area contributed by atoms with Crippen molar-refractivity contribution in [2.45, 2.75) is 12.8 Å². The number of alkyl halides is 1. The van der Waals surface area contributed by atoms with Crippen LogP contribution >= 0.6 is 11.6 Å². The zero-order chi connectivity index (χ0) is 13.8. The first-order chi connectivity index (χ1) is 9.10. The highest BCUT2D eigenvalue weighted by Gasteiger charge is 2.06. The summed E-state index contributed by atoms with van der Waals surface area (Å²) in [6, 6.07) is 4.68. The lowest BCUT2D eigenvalue weighted by Gasteiger charge is -1.99. The van der Waals surface area contributed by atoms with E-state index in [0.717, 1.165) is 11.1 Å². The maximum atomic E-state index is 10.6. The van der Waals surface area contributed by atoms with Gasteiger partial charge in [-0.05, 0) is 30.2 Å². The minimum Gasteiger partial charge on any atom is -0.445 e. The second-order valence-corrected chi connectivity index (χ2v) is 4.21. The van der Waals surface area contributed by atoms with Gasteiger partial charge >= 0.3 is 0 Å². The zero-order valence-electron chi connectivity index (χ0n) is 10.2. The lowest BCUT2D eigenvalue weighted by molar-refractivity contribution is -0.384. The summed E-state index contributed by atoms with van der Waals surface area (Å²) in [6.45, 7) is 1.81. The third-order valence-electron chi connectivity index (χ3n) is 2.58. The molecule has 0 fully saturated rings. The molecule has 2 aromatic rings. The van der Waals surface area contributed by atoms with Crippen LogP contribution in [-0.2, 0) is 5.88 Å². The van der Waals surface area contributed by atoms with E-state index in [0.29, 0.717) is 17.5 Å². The molecule has 0 aliphatic heterocycles. The van der Waals surface area contributed by atoms with Crippen LogP contribution in [-0.4, -0.2) is 9.91 Å². The maximum absolute atomic E-state index is 10.6. The van der Waals surface area contributed by atoms with Crippen molar-refractivity contribution >= 4 is 29.4 Å². The lowest BCUT2D eigenvalue weighted by atomic mass is 10.1. The number of benzene rings is 1. The quantitative estimate of drug-likeness (QED) is 0.484. The van der Waals surface area contributed by atoms with Crippen LogP contribution in [0.4, 0.5) is 5.69 Å². The molecule has 1 heterocycles. The van der Waals surface area contributed by atoms with Crippen LogP contribution in [0.15, 0.2) is 28.9 Å². The molecule has 0 aliphatic rings. The molecule has 0 N–H and O–H groups in total. The lowest BCUT2D eigenvalue weighted by Crippen LogP contribution is -1.89. The van der Waals surface area contributed by atoms with Crippen molar-refractivity contribution in [1.82, 2.24) is 4.98 Å². The second kappa shape index (κ2) is 5.67. The molecular weight excluding hydrogens is 268 g/mol. The van der Waals surface area contributed by atoms with Gasteiger partial charge in [-0.15, -0.1) is 11.6 Å². The minimum absolute atomic E-state index is 0.0789. The molecule has 1 aromatic carbocycles. The predicted molar refractivity (Wildman–Crippen MR) is 72.8 cm³/mol. The number of halogens is 1. The van der Waals surface area contributed by atoms with Crippen LogP contribution in [0.25, 0.3) is 12.2 Å². The Labute approximate surface area is 114 Å². The monoisotopic (exact) mass is 278 g/mol. The second-order valence-electron chi connectivity index (χ2n) is 3.94. The summed E-state index contributed by atoms with van der Waals surface area (Å²) in [5, 5.41) is 10.6. The van der Waals surface area contributed by atoms with E-state index in [1.807, 2.05) is 6.92 Å². The molecule has 6 heteroatoms. The molecule has 0 unspecified atom stereocenters. The van der Waals surface area contributed by atoms with E-state index in [-0.39, 0.29) is 5.69 Å². The number of nitrogens with zero attached hydrogens (tertiary/aromatic N) is 2. The Morgan fingerprint density at radius 3 is 2.84 bits per heavy atom. The van der Waals surface area contributed by atoms with Crippen LogP contribution < -0.4 is 0 Å². The largest absolute Gasteiger partial charge is 0.445 e. The summed E-state index contributed by atoms with van der Waals surface area (Å²) in [5.41, 5.74) is 2.43. The Hall–Kier alpha value is -2.14. The number of rotatable bonds is 4. The van der Waals surface area contributed by atoms with Gasteiger partial charge in [-0.3, -0.25) is 10.1 Å². The third-order valence-corrected chi connectivity index (χ3v) is 2.85. The van der Waals surface area contributed by atoms with E-state index >= 15 is 0 Å². The summed E-state index contributed by atoms with van der Waals surface area (Å²) in [7, 11) is 0. The Bertz CT molecular complexity index is 635. The van der Waals surface area contributed by atoms with Crippen molar-refractivity contribution in [3.05, 3.63) is 57.3 Å². The number of nitro groups is 1. The van der Waals surface area contributed by atoms with E-state index in [1.54, 1.807) is 18.2 Å². The first kappa shape index (κ1) is 13.3. The standard InChI is InChI=1S/C13H11ClN2O3/c1-9-6-12(16(17)18)4-2-10(9)3-5-13-15-11(7-14)8-19-13/h2-6,8H,7H2,1H3/b5-3+. The van der Waals surface area contributed by atoms with Gasteiger partial charge < -0.3 is 4.42 Å². The molecule has 0 bridgehead atoms. The van der Waals surface area contributed by atoms with Gasteiger partial charge in [0, 0.05) is 18.2 Å². The molecule has 98 valence electrons. The molecule has 0 radical (unpaired) electrons. The molecule has 19 heavy (non-hydrogen) atoms. The van der Waals surface area contributed by atoms with E-state index in [4.69, 9.17) is 16.0 Å². The molecule has 0 saturated carbocycles. The normalized spacial score (nSPS) is 11.1. The highest BCUT2D eigenvalue weighted by atomic mass is 35.5. The molecule has 5 nitrogen and oxygen atoms in total. The van der Waals surface area contributed by atoms with E-state index < -0.39 is 4.92 Å². The predicted octanol–water partition coefficient (Wildman–Crippen LogP) is 3.80. The summed E-state index contributed by atoms with van der Waals surface area (Å²) in [6.07, 6.45) is 4.99. The van der Waals surface area contributed by atoms with E-state index in [2.05, 4.69) is 4.98 Å². The van der Waals surface area contributed by atoms with Gasteiger partial charge in [-0.1, -0.05) is 0 Å². The van der Waals surface area contributed by atoms with Crippen LogP contribution in [0, 0.1) is 17.0 Å². The van der Waals surface area contributed by atoms with Crippen molar-refractivity contribution in [2.24, 2.45) is 0 Å². The number of aromatic nitrogens is 1. The zero-order valence-corrected chi connectivity index (χ0v) is 10.9. The number of hydrogen-bond donors (Lipinski definition) is 0. The molecule has 0 saturated heterocycles. The number of oxazole rings is 1. The average molecular weight is 279 g/mol. The van der Waals surface area contributed by atoms with Gasteiger partial charge in [0.15, 0.2) is 0 Å². The van der Waals surface area contributed by atoms with Gasteiger partial charge in [-0.25, -0.2) is 4.98 Å². The van der Waals surface area contributed by atoms with Crippen molar-refractivity contribution in [1.29, 1.82) is 0 Å². The fourth-order valence-electron chi connectivity index (χ4n) is 1.58. The number of hydrogen-bond acceptors (Lipinski definition) is 4. The summed E-state index contributed by atoms with van der Waals surface area (Å²) < 4.78 is 5.19. The van der Waals surface area contributed by atoms with Gasteiger partial charge in [-0.2, -0.15) is 0 Å². The Morgan fingerprint density at radius 1 is 1.47 bits per heavy atom. The van der Waals surface area contributed by atoms with Gasteiger partial charge in [0.1, 0.15) is 6.26 Å². The summed E-state index contributed by atoms with van der Waals surface area (Å²) in [4.78, 5) is 14.3. The van der Waals surface area contributed by atoms with Crippen LogP contribution in [0.3, 0.4) is 0 Å². The number of aryl methyl sites for hydroxylation is 1. The van der Waals surface area contributed by atoms with Crippen LogP contribution in [0.2, 0.25) is 0 Å². The fraction of sp³-hybridized carbons (Fsp3) is 0.154. The minimum atomic E-state index is -0.415. The molecule has 0 aliphatic carbocycles. The van der Waals surface area contributed by atoms with Gasteiger partial charge in [0.25, 0.3) is 5.69 Å². The summed E-state index contributed by atoms with van der Waals surface area (Å²) in [5.74, 6) is 0.752. The van der Waals surface area contributed by atoms with Crippen LogP contribution in [0.1, 0.15) is 22.7 Å². The van der Waals surface area contributed by atoms with E-state index in [1.165, 1.54) is 18.4 Å². The Balaban J connectivity index is 2.21. The van der Waals surface area contributed by atoms with Crippen molar-refractivity contribution in [3.63, 3.8) is 0 Å². The number of nitro benzene ring substituents is 1. The molecule has 0 atom stereocenters. The third kappa shape index (κ3) is 3.20. The Kier molecular flexibility index (Phi) is 3.97. The topological polar surface area (TPSA) is 69.2 Å². The maximum Gasteiger partial charge on any atom is 0.269 e. The van der Waals surface area contributed by atoms with Crippen molar-refractivity contribution in [2.75, 3.05) is 0 Å². The molecule has 0 amide bonds. The van der Waals surface area contributed by atoms with Crippen molar-refractivity contribution in [3.8, 4) is 0 Å². The van der Waals surface area contributed by atoms with Gasteiger partial charge in [0.05, 0.1) is 16.5 Å². The SMILES string of the molecule is Cc1cc([N+](=O)[O-])ccc1/C=C/c1nc(CCl)co1. The Morgan fingerprint density at radius 2 is 2.26 bits per heavy atom.